The van der Waals surface area contributed by atoms with Crippen LogP contribution >= 0.6 is 0 Å². The van der Waals surface area contributed by atoms with Gasteiger partial charge < -0.3 is 23.7 Å². The number of benzene rings is 2. The van der Waals surface area contributed by atoms with Gasteiger partial charge in [0.25, 0.3) is 0 Å². The van der Waals surface area contributed by atoms with E-state index in [2.05, 4.69) is 0 Å². The summed E-state index contributed by atoms with van der Waals surface area (Å²) in [5.41, 5.74) is 0.553. The Morgan fingerprint density at radius 1 is 0.968 bits per heavy atom. The van der Waals surface area contributed by atoms with Gasteiger partial charge in [0.15, 0.2) is 17.3 Å². The first kappa shape index (κ1) is 21.9. The molecule has 1 heterocycles. The lowest BCUT2D eigenvalue weighted by Gasteiger charge is -2.13. The Hall–Kier alpha value is -3.81. The van der Waals surface area contributed by atoms with Gasteiger partial charge in [0, 0.05) is 18.4 Å². The van der Waals surface area contributed by atoms with Crippen LogP contribution in [-0.2, 0) is 9.59 Å². The monoisotopic (exact) mass is 426 g/mol. The standard InChI is InChI=1S/C23H22O8/c1-28-17-12-11-14(13-18(17)30-20(26)10-6-5-9-19(24)25)22-23(29-2)21(27)15-7-3-4-8-16(15)31-22/h3-4,7-8,11-13H,5-6,9-10H2,1-2H3,(H,24,25). The van der Waals surface area contributed by atoms with Gasteiger partial charge in [-0.3, -0.25) is 14.4 Å². The lowest BCUT2D eigenvalue weighted by atomic mass is 10.1. The molecule has 0 bridgehead atoms. The third-order valence-electron chi connectivity index (χ3n) is 4.63. The van der Waals surface area contributed by atoms with Gasteiger partial charge in [-0.25, -0.2) is 0 Å². The number of carbonyl (C=O) groups is 2. The molecule has 0 aliphatic heterocycles. The van der Waals surface area contributed by atoms with Gasteiger partial charge in [0.05, 0.1) is 19.6 Å². The number of carboxylic acid groups (broad SMARTS) is 1. The van der Waals surface area contributed by atoms with E-state index < -0.39 is 11.9 Å². The van der Waals surface area contributed by atoms with Crippen molar-refractivity contribution in [1.29, 1.82) is 0 Å². The minimum absolute atomic E-state index is 0.00707. The summed E-state index contributed by atoms with van der Waals surface area (Å²) in [7, 11) is 2.82. The van der Waals surface area contributed by atoms with Crippen LogP contribution in [0.25, 0.3) is 22.3 Å². The fraction of sp³-hybridized carbons (Fsp3) is 0.261. The SMILES string of the molecule is COc1ccc(-c2oc3ccccc3c(=O)c2OC)cc1OC(=O)CCCCC(=O)O. The molecule has 0 amide bonds. The number of ether oxygens (including phenoxy) is 3. The highest BCUT2D eigenvalue weighted by molar-refractivity contribution is 5.82. The van der Waals surface area contributed by atoms with E-state index in [9.17, 15) is 14.4 Å². The molecule has 0 unspecified atom stereocenters. The number of methoxy groups -OCH3 is 2. The Kier molecular flexibility index (Phi) is 6.92. The molecule has 31 heavy (non-hydrogen) atoms. The molecular weight excluding hydrogens is 404 g/mol. The maximum Gasteiger partial charge on any atom is 0.311 e. The lowest BCUT2D eigenvalue weighted by molar-refractivity contribution is -0.138. The Balaban J connectivity index is 1.93. The number of unbranched alkanes of at least 4 members (excludes halogenated alkanes) is 1. The molecule has 3 aromatic rings. The number of para-hydroxylation sites is 1. The predicted molar refractivity (Wildman–Crippen MR) is 113 cm³/mol. The zero-order valence-corrected chi connectivity index (χ0v) is 17.2. The summed E-state index contributed by atoms with van der Waals surface area (Å²) in [4.78, 5) is 35.6. The number of hydrogen-bond acceptors (Lipinski definition) is 7. The van der Waals surface area contributed by atoms with Crippen molar-refractivity contribution in [3.8, 4) is 28.6 Å². The minimum atomic E-state index is -0.909. The highest BCUT2D eigenvalue weighted by Gasteiger charge is 2.19. The first-order valence-electron chi connectivity index (χ1n) is 9.65. The molecule has 0 spiro atoms. The molecule has 2 aromatic carbocycles. The van der Waals surface area contributed by atoms with Crippen molar-refractivity contribution < 1.29 is 33.3 Å². The third kappa shape index (κ3) is 5.03. The second kappa shape index (κ2) is 9.80. The summed E-state index contributed by atoms with van der Waals surface area (Å²) >= 11 is 0. The van der Waals surface area contributed by atoms with Crippen molar-refractivity contribution in [1.82, 2.24) is 0 Å². The van der Waals surface area contributed by atoms with Crippen LogP contribution in [0.1, 0.15) is 25.7 Å². The number of carboxylic acids is 1. The summed E-state index contributed by atoms with van der Waals surface area (Å²) in [6, 6.07) is 11.6. The molecule has 0 fully saturated rings. The van der Waals surface area contributed by atoms with Crippen molar-refractivity contribution in [2.75, 3.05) is 14.2 Å². The number of carbonyl (C=O) groups excluding carboxylic acids is 1. The normalized spacial score (nSPS) is 10.6. The maximum atomic E-state index is 12.8. The predicted octanol–water partition coefficient (Wildman–Crippen LogP) is 4.03. The van der Waals surface area contributed by atoms with E-state index >= 15 is 0 Å². The molecular formula is C23H22O8. The molecule has 0 aliphatic carbocycles. The van der Waals surface area contributed by atoms with Crippen LogP contribution in [0.2, 0.25) is 0 Å². The summed E-state index contributed by atoms with van der Waals surface area (Å²) in [5.74, 6) is -0.713. The van der Waals surface area contributed by atoms with Gasteiger partial charge >= 0.3 is 11.9 Å². The van der Waals surface area contributed by atoms with E-state index in [1.165, 1.54) is 20.3 Å². The Labute approximate surface area is 178 Å². The quantitative estimate of drug-likeness (QED) is 0.310. The molecule has 3 rings (SSSR count). The Bertz CT molecular complexity index is 1160. The van der Waals surface area contributed by atoms with Gasteiger partial charge in [0.2, 0.25) is 11.2 Å². The van der Waals surface area contributed by atoms with E-state index in [1.807, 2.05) is 0 Å². The van der Waals surface area contributed by atoms with Crippen molar-refractivity contribution in [3.05, 3.63) is 52.7 Å². The fourth-order valence-electron chi connectivity index (χ4n) is 3.12. The van der Waals surface area contributed by atoms with Crippen LogP contribution < -0.4 is 19.6 Å². The van der Waals surface area contributed by atoms with E-state index in [4.69, 9.17) is 23.7 Å². The maximum absolute atomic E-state index is 12.8. The largest absolute Gasteiger partial charge is 0.493 e. The van der Waals surface area contributed by atoms with E-state index in [1.54, 1.807) is 36.4 Å². The summed E-state index contributed by atoms with van der Waals surface area (Å²) in [5, 5.41) is 9.07. The molecule has 8 heteroatoms. The van der Waals surface area contributed by atoms with Gasteiger partial charge in [-0.05, 0) is 43.2 Å². The van der Waals surface area contributed by atoms with Gasteiger partial charge in [0.1, 0.15) is 5.58 Å². The van der Waals surface area contributed by atoms with Crippen LogP contribution in [0.15, 0.2) is 51.7 Å². The fourth-order valence-corrected chi connectivity index (χ4v) is 3.12. The van der Waals surface area contributed by atoms with Crippen molar-refractivity contribution in [2.45, 2.75) is 25.7 Å². The highest BCUT2D eigenvalue weighted by Crippen LogP contribution is 2.37. The molecule has 1 aromatic heterocycles. The second-order valence-electron chi connectivity index (χ2n) is 6.73. The molecule has 1 N–H and O–H groups in total. The molecule has 0 saturated carbocycles. The number of rotatable bonds is 9. The summed E-state index contributed by atoms with van der Waals surface area (Å²) in [6.07, 6.45) is 0.823. The van der Waals surface area contributed by atoms with Crippen LogP contribution in [-0.4, -0.2) is 31.3 Å². The third-order valence-corrected chi connectivity index (χ3v) is 4.63. The minimum Gasteiger partial charge on any atom is -0.493 e. The average molecular weight is 426 g/mol. The number of fused-ring (bicyclic) bond motifs is 1. The Morgan fingerprint density at radius 3 is 2.42 bits per heavy atom. The van der Waals surface area contributed by atoms with Crippen molar-refractivity contribution >= 4 is 22.9 Å². The van der Waals surface area contributed by atoms with Crippen LogP contribution in [0.3, 0.4) is 0 Å². The van der Waals surface area contributed by atoms with E-state index in [0.29, 0.717) is 35.1 Å². The number of hydrogen-bond donors (Lipinski definition) is 1. The lowest BCUT2D eigenvalue weighted by Crippen LogP contribution is -2.09. The first-order chi connectivity index (χ1) is 14.9. The molecule has 162 valence electrons. The van der Waals surface area contributed by atoms with Gasteiger partial charge in [-0.1, -0.05) is 12.1 Å². The van der Waals surface area contributed by atoms with Gasteiger partial charge in [-0.2, -0.15) is 0 Å². The van der Waals surface area contributed by atoms with Crippen molar-refractivity contribution in [3.63, 3.8) is 0 Å². The highest BCUT2D eigenvalue weighted by atomic mass is 16.6. The topological polar surface area (TPSA) is 112 Å². The molecule has 0 atom stereocenters. The van der Waals surface area contributed by atoms with E-state index in [-0.39, 0.29) is 35.5 Å². The smallest absolute Gasteiger partial charge is 0.311 e. The molecule has 8 nitrogen and oxygen atoms in total. The van der Waals surface area contributed by atoms with Crippen LogP contribution in [0.4, 0.5) is 0 Å². The van der Waals surface area contributed by atoms with Crippen LogP contribution in [0, 0.1) is 0 Å². The molecule has 0 saturated heterocycles. The molecule has 0 radical (unpaired) electrons. The second-order valence-corrected chi connectivity index (χ2v) is 6.73. The summed E-state index contributed by atoms with van der Waals surface area (Å²) < 4.78 is 21.9. The number of aliphatic carboxylic acids is 1. The number of esters is 1. The van der Waals surface area contributed by atoms with Crippen molar-refractivity contribution in [2.24, 2.45) is 0 Å². The zero-order valence-electron chi connectivity index (χ0n) is 17.2. The molecule has 0 aliphatic rings. The van der Waals surface area contributed by atoms with Gasteiger partial charge in [-0.15, -0.1) is 0 Å². The first-order valence-corrected chi connectivity index (χ1v) is 9.65. The van der Waals surface area contributed by atoms with Crippen LogP contribution in [0.5, 0.6) is 17.2 Å². The average Bonchev–Trinajstić information content (AvgIpc) is 2.76. The zero-order chi connectivity index (χ0) is 22.4. The Morgan fingerprint density at radius 2 is 1.71 bits per heavy atom. The summed E-state index contributed by atoms with van der Waals surface area (Å²) in [6.45, 7) is 0. The van der Waals surface area contributed by atoms with E-state index in [0.717, 1.165) is 0 Å².